The van der Waals surface area contributed by atoms with E-state index in [-0.39, 0.29) is 11.6 Å². The summed E-state index contributed by atoms with van der Waals surface area (Å²) in [6, 6.07) is 5.54. The van der Waals surface area contributed by atoms with Crippen LogP contribution < -0.4 is 15.0 Å². The summed E-state index contributed by atoms with van der Waals surface area (Å²) in [5.41, 5.74) is 2.05. The van der Waals surface area contributed by atoms with Gasteiger partial charge in [0.05, 0.1) is 37.0 Å². The number of carbonyl (C=O) groups is 1. The average molecular weight is 417 g/mol. The van der Waals surface area contributed by atoms with Gasteiger partial charge < -0.3 is 19.9 Å². The van der Waals surface area contributed by atoms with Gasteiger partial charge in [-0.2, -0.15) is 5.10 Å². The van der Waals surface area contributed by atoms with Crippen LogP contribution in [-0.2, 0) is 0 Å². The van der Waals surface area contributed by atoms with Crippen molar-refractivity contribution < 1.29 is 9.53 Å². The van der Waals surface area contributed by atoms with Gasteiger partial charge in [0.1, 0.15) is 17.3 Å². The summed E-state index contributed by atoms with van der Waals surface area (Å²) in [4.78, 5) is 25.8. The van der Waals surface area contributed by atoms with Crippen molar-refractivity contribution >= 4 is 17.4 Å². The number of hydrogen-bond acceptors (Lipinski definition) is 7. The number of methoxy groups -OCH3 is 1. The van der Waals surface area contributed by atoms with E-state index in [1.807, 2.05) is 12.1 Å². The minimum Gasteiger partial charge on any atom is -0.495 e. The summed E-state index contributed by atoms with van der Waals surface area (Å²) in [6.45, 7) is 3.90. The largest absolute Gasteiger partial charge is 0.495 e. The number of aromatic amines is 1. The highest BCUT2D eigenvalue weighted by Gasteiger charge is 2.16. The topological polar surface area (TPSA) is 99.3 Å². The molecule has 0 unspecified atom stereocenters. The molecule has 1 saturated heterocycles. The van der Waals surface area contributed by atoms with E-state index in [9.17, 15) is 4.79 Å². The highest BCUT2D eigenvalue weighted by molar-refractivity contribution is 6.04. The Balaban J connectivity index is 1.43. The van der Waals surface area contributed by atoms with Gasteiger partial charge in [0.2, 0.25) is 0 Å². The molecule has 31 heavy (non-hydrogen) atoms. The van der Waals surface area contributed by atoms with Gasteiger partial charge in [-0.3, -0.25) is 14.9 Å². The van der Waals surface area contributed by atoms with Crippen molar-refractivity contribution in [2.75, 3.05) is 50.6 Å². The first-order valence-corrected chi connectivity index (χ1v) is 9.87. The Morgan fingerprint density at radius 1 is 1.13 bits per heavy atom. The van der Waals surface area contributed by atoms with E-state index in [2.05, 4.69) is 54.2 Å². The monoisotopic (exact) mass is 417 g/mol. The maximum absolute atomic E-state index is 12.7. The van der Waals surface area contributed by atoms with Crippen molar-refractivity contribution in [1.29, 1.82) is 0 Å². The third-order valence-corrected chi connectivity index (χ3v) is 4.99. The van der Waals surface area contributed by atoms with E-state index in [1.165, 1.54) is 6.20 Å². The molecule has 0 spiro atoms. The Morgan fingerprint density at radius 2 is 1.97 bits per heavy atom. The van der Waals surface area contributed by atoms with Crippen LogP contribution in [0.1, 0.15) is 21.6 Å². The molecule has 4 heterocycles. The quantitative estimate of drug-likeness (QED) is 0.622. The smallest absolute Gasteiger partial charge is 0.275 e. The zero-order valence-corrected chi connectivity index (χ0v) is 17.4. The predicted molar refractivity (Wildman–Crippen MR) is 117 cm³/mol. The fourth-order valence-electron chi connectivity index (χ4n) is 3.17. The van der Waals surface area contributed by atoms with Crippen LogP contribution in [0, 0.1) is 11.8 Å². The molecule has 3 aromatic heterocycles. The Bertz CT molecular complexity index is 1110. The van der Waals surface area contributed by atoms with Crippen molar-refractivity contribution in [1.82, 2.24) is 25.1 Å². The first-order valence-electron chi connectivity index (χ1n) is 9.87. The van der Waals surface area contributed by atoms with Crippen LogP contribution >= 0.6 is 0 Å². The molecule has 9 heteroatoms. The SMILES string of the molecule is COc1cncc(C#Cc2cn[nH]c2C(=O)Nc2ccc(N3CCN(C)CC3)nc2)c1. The van der Waals surface area contributed by atoms with Crippen molar-refractivity contribution in [3.63, 3.8) is 0 Å². The Morgan fingerprint density at radius 3 is 2.71 bits per heavy atom. The van der Waals surface area contributed by atoms with Crippen LogP contribution in [0.5, 0.6) is 5.75 Å². The van der Waals surface area contributed by atoms with Crippen LogP contribution in [0.15, 0.2) is 43.0 Å². The molecule has 1 aliphatic rings. The zero-order chi connectivity index (χ0) is 21.6. The van der Waals surface area contributed by atoms with Crippen LogP contribution in [0.2, 0.25) is 0 Å². The molecule has 1 aliphatic heterocycles. The number of pyridine rings is 2. The molecular weight excluding hydrogens is 394 g/mol. The van der Waals surface area contributed by atoms with Gasteiger partial charge in [-0.05, 0) is 25.2 Å². The van der Waals surface area contributed by atoms with E-state index in [1.54, 1.807) is 31.8 Å². The highest BCUT2D eigenvalue weighted by Crippen LogP contribution is 2.17. The third-order valence-electron chi connectivity index (χ3n) is 4.99. The molecule has 0 radical (unpaired) electrons. The fourth-order valence-corrected chi connectivity index (χ4v) is 3.17. The summed E-state index contributed by atoms with van der Waals surface area (Å²) >= 11 is 0. The highest BCUT2D eigenvalue weighted by atomic mass is 16.5. The van der Waals surface area contributed by atoms with E-state index < -0.39 is 0 Å². The lowest BCUT2D eigenvalue weighted by molar-refractivity contribution is 0.102. The first kappa shape index (κ1) is 20.4. The predicted octanol–water partition coefficient (Wildman–Crippen LogP) is 1.61. The molecule has 9 nitrogen and oxygen atoms in total. The summed E-state index contributed by atoms with van der Waals surface area (Å²) in [5, 5.41) is 9.51. The van der Waals surface area contributed by atoms with E-state index in [4.69, 9.17) is 4.74 Å². The molecule has 1 amide bonds. The maximum Gasteiger partial charge on any atom is 0.275 e. The fraction of sp³-hybridized carbons (Fsp3) is 0.273. The molecule has 0 atom stereocenters. The normalized spacial score (nSPS) is 13.9. The first-order chi connectivity index (χ1) is 15.1. The van der Waals surface area contributed by atoms with E-state index in [0.29, 0.717) is 22.6 Å². The van der Waals surface area contributed by atoms with Crippen molar-refractivity contribution in [3.8, 4) is 17.6 Å². The molecule has 0 saturated carbocycles. The molecule has 2 N–H and O–H groups in total. The number of H-pyrrole nitrogens is 1. The number of rotatable bonds is 4. The van der Waals surface area contributed by atoms with Crippen LogP contribution in [0.25, 0.3) is 0 Å². The van der Waals surface area contributed by atoms with Gasteiger partial charge in [-0.1, -0.05) is 11.8 Å². The van der Waals surface area contributed by atoms with Gasteiger partial charge >= 0.3 is 0 Å². The van der Waals surface area contributed by atoms with Gasteiger partial charge in [-0.25, -0.2) is 4.98 Å². The Labute approximate surface area is 180 Å². The second-order valence-corrected chi connectivity index (χ2v) is 7.17. The maximum atomic E-state index is 12.7. The molecule has 1 fully saturated rings. The Kier molecular flexibility index (Phi) is 6.10. The van der Waals surface area contributed by atoms with Crippen molar-refractivity contribution in [3.05, 3.63) is 59.8 Å². The number of nitrogens with one attached hydrogen (secondary N) is 2. The number of carbonyl (C=O) groups excluding carboxylic acids is 1. The molecule has 0 aromatic carbocycles. The van der Waals surface area contributed by atoms with E-state index in [0.717, 1.165) is 32.0 Å². The number of piperazine rings is 1. The summed E-state index contributed by atoms with van der Waals surface area (Å²) in [5.74, 6) is 7.12. The van der Waals surface area contributed by atoms with Crippen molar-refractivity contribution in [2.45, 2.75) is 0 Å². The molecule has 0 bridgehead atoms. The molecule has 4 rings (SSSR count). The van der Waals surface area contributed by atoms with E-state index >= 15 is 0 Å². The second kappa shape index (κ2) is 9.28. The lowest BCUT2D eigenvalue weighted by atomic mass is 10.2. The van der Waals surface area contributed by atoms with Gasteiger partial charge in [-0.15, -0.1) is 0 Å². The lowest BCUT2D eigenvalue weighted by Gasteiger charge is -2.33. The van der Waals surface area contributed by atoms with Crippen LogP contribution in [-0.4, -0.2) is 71.3 Å². The summed E-state index contributed by atoms with van der Waals surface area (Å²) in [7, 11) is 3.68. The number of hydrogen-bond donors (Lipinski definition) is 2. The number of aromatic nitrogens is 4. The van der Waals surface area contributed by atoms with Crippen LogP contribution in [0.4, 0.5) is 11.5 Å². The summed E-state index contributed by atoms with van der Waals surface area (Å²) in [6.07, 6.45) is 6.41. The number of amides is 1. The minimum atomic E-state index is -0.334. The van der Waals surface area contributed by atoms with Gasteiger partial charge in [0.25, 0.3) is 5.91 Å². The lowest BCUT2D eigenvalue weighted by Crippen LogP contribution is -2.44. The standard InChI is InChI=1S/C22H23N7O2/c1-28-7-9-29(10-8-28)20-6-5-18(14-24-20)26-22(30)21-17(13-25-27-21)4-3-16-11-19(31-2)15-23-12-16/h5-6,11-15H,7-10H2,1-2H3,(H,25,27)(H,26,30). The average Bonchev–Trinajstić information content (AvgIpc) is 3.28. The molecule has 158 valence electrons. The minimum absolute atomic E-state index is 0.284. The van der Waals surface area contributed by atoms with Gasteiger partial charge in [0, 0.05) is 37.9 Å². The molecule has 0 aliphatic carbocycles. The number of likely N-dealkylation sites (N-methyl/N-ethyl adjacent to an activating group) is 1. The molecule has 3 aromatic rings. The number of anilines is 2. The zero-order valence-electron chi connectivity index (χ0n) is 17.4. The van der Waals surface area contributed by atoms with Crippen LogP contribution in [0.3, 0.4) is 0 Å². The number of nitrogens with zero attached hydrogens (tertiary/aromatic N) is 5. The van der Waals surface area contributed by atoms with Gasteiger partial charge in [0.15, 0.2) is 0 Å². The third kappa shape index (κ3) is 4.99. The molecular formula is C22H23N7O2. The Hall–Kier alpha value is -3.90. The number of ether oxygens (including phenoxy) is 1. The van der Waals surface area contributed by atoms with Crippen molar-refractivity contribution in [2.24, 2.45) is 0 Å². The summed E-state index contributed by atoms with van der Waals surface area (Å²) < 4.78 is 5.15. The second-order valence-electron chi connectivity index (χ2n) is 7.17.